The Morgan fingerprint density at radius 2 is 2.14 bits per heavy atom. The highest BCUT2D eigenvalue weighted by Gasteiger charge is 2.26. The lowest BCUT2D eigenvalue weighted by molar-refractivity contribution is 0.656. The summed E-state index contributed by atoms with van der Waals surface area (Å²) < 4.78 is 2.25. The van der Waals surface area contributed by atoms with Gasteiger partial charge in [0.25, 0.3) is 0 Å². The minimum Gasteiger partial charge on any atom is -0.375 e. The van der Waals surface area contributed by atoms with Crippen LogP contribution in [-0.2, 0) is 13.0 Å². The van der Waals surface area contributed by atoms with E-state index in [2.05, 4.69) is 41.1 Å². The van der Waals surface area contributed by atoms with E-state index in [1.54, 1.807) is 0 Å². The van der Waals surface area contributed by atoms with Crippen LogP contribution in [0, 0.1) is 0 Å². The zero-order valence-electron chi connectivity index (χ0n) is 11.8. The number of fused-ring (bicyclic) bond motifs is 2. The maximum atomic E-state index is 6.13. The summed E-state index contributed by atoms with van der Waals surface area (Å²) in [5.41, 5.74) is 4.69. The Bertz CT molecular complexity index is 797. The molecule has 4 heteroatoms. The van der Waals surface area contributed by atoms with Gasteiger partial charge in [-0.25, -0.2) is 4.98 Å². The molecule has 1 unspecified atom stereocenters. The molecule has 21 heavy (non-hydrogen) atoms. The fourth-order valence-corrected chi connectivity index (χ4v) is 3.33. The highest BCUT2D eigenvalue weighted by molar-refractivity contribution is 6.31. The molecule has 3 aromatic rings. The first-order chi connectivity index (χ1) is 10.3. The van der Waals surface area contributed by atoms with E-state index < -0.39 is 0 Å². The van der Waals surface area contributed by atoms with E-state index in [0.717, 1.165) is 34.8 Å². The lowest BCUT2D eigenvalue weighted by Gasteiger charge is -2.13. The number of para-hydroxylation sites is 1. The van der Waals surface area contributed by atoms with Crippen molar-refractivity contribution in [3.05, 3.63) is 58.9 Å². The third kappa shape index (κ3) is 2.00. The largest absolute Gasteiger partial charge is 0.375 e. The first kappa shape index (κ1) is 12.7. The van der Waals surface area contributed by atoms with Crippen LogP contribution in [0.15, 0.2) is 42.5 Å². The van der Waals surface area contributed by atoms with E-state index in [-0.39, 0.29) is 6.04 Å². The normalized spacial score (nSPS) is 17.0. The summed E-state index contributed by atoms with van der Waals surface area (Å²) in [5.74, 6) is 1.09. The average Bonchev–Trinajstić information content (AvgIpc) is 3.07. The molecule has 4 rings (SSSR count). The molecule has 0 spiro atoms. The van der Waals surface area contributed by atoms with Gasteiger partial charge in [0.15, 0.2) is 0 Å². The number of nitrogens with one attached hydrogen (secondary N) is 1. The number of benzene rings is 2. The van der Waals surface area contributed by atoms with Crippen LogP contribution in [0.3, 0.4) is 0 Å². The molecule has 1 atom stereocenters. The Labute approximate surface area is 128 Å². The van der Waals surface area contributed by atoms with E-state index in [1.165, 1.54) is 11.3 Å². The van der Waals surface area contributed by atoms with Crippen molar-refractivity contribution in [3.63, 3.8) is 0 Å². The Morgan fingerprint density at radius 1 is 1.29 bits per heavy atom. The minimum atomic E-state index is 0.230. The topological polar surface area (TPSA) is 29.9 Å². The molecule has 0 fully saturated rings. The number of imidazole rings is 1. The van der Waals surface area contributed by atoms with Crippen LogP contribution in [0.2, 0.25) is 5.02 Å². The maximum Gasteiger partial charge on any atom is 0.132 e. The molecule has 0 bridgehead atoms. The molecule has 0 aliphatic carbocycles. The van der Waals surface area contributed by atoms with Crippen LogP contribution in [0.25, 0.3) is 11.0 Å². The van der Waals surface area contributed by atoms with E-state index in [9.17, 15) is 0 Å². The van der Waals surface area contributed by atoms with E-state index in [0.29, 0.717) is 0 Å². The maximum absolute atomic E-state index is 6.13. The Morgan fingerprint density at radius 3 is 2.95 bits per heavy atom. The second-order valence-electron chi connectivity index (χ2n) is 5.41. The van der Waals surface area contributed by atoms with Gasteiger partial charge in [-0.1, -0.05) is 29.8 Å². The number of aryl methyl sites for hydroxylation is 1. The summed E-state index contributed by atoms with van der Waals surface area (Å²) >= 11 is 6.13. The van der Waals surface area contributed by atoms with Crippen molar-refractivity contribution in [1.82, 2.24) is 9.55 Å². The second-order valence-corrected chi connectivity index (χ2v) is 5.84. The first-order valence-electron chi connectivity index (χ1n) is 7.26. The smallest absolute Gasteiger partial charge is 0.132 e. The zero-order valence-corrected chi connectivity index (χ0v) is 12.6. The van der Waals surface area contributed by atoms with Gasteiger partial charge in [0.1, 0.15) is 5.82 Å². The van der Waals surface area contributed by atoms with Crippen LogP contribution in [0.4, 0.5) is 5.69 Å². The van der Waals surface area contributed by atoms with Gasteiger partial charge in [-0.05, 0) is 36.8 Å². The number of nitrogens with zero attached hydrogens (tertiary/aromatic N) is 2. The molecule has 0 saturated heterocycles. The predicted octanol–water partition coefficient (Wildman–Crippen LogP) is 4.42. The number of anilines is 1. The second kappa shape index (κ2) is 4.78. The van der Waals surface area contributed by atoms with Crippen LogP contribution in [0.5, 0.6) is 0 Å². The van der Waals surface area contributed by atoms with Gasteiger partial charge in [0.2, 0.25) is 0 Å². The summed E-state index contributed by atoms with van der Waals surface area (Å²) in [4.78, 5) is 4.83. The first-order valence-corrected chi connectivity index (χ1v) is 7.64. The molecular formula is C17H16ClN3. The van der Waals surface area contributed by atoms with E-state index in [1.807, 2.05) is 18.2 Å². The average molecular weight is 298 g/mol. The van der Waals surface area contributed by atoms with Crippen molar-refractivity contribution in [3.8, 4) is 0 Å². The molecular weight excluding hydrogens is 282 g/mol. The summed E-state index contributed by atoms with van der Waals surface area (Å²) in [6.45, 7) is 3.04. The number of hydrogen-bond donors (Lipinski definition) is 1. The Hall–Kier alpha value is -2.00. The highest BCUT2D eigenvalue weighted by Crippen LogP contribution is 2.35. The summed E-state index contributed by atoms with van der Waals surface area (Å²) in [6, 6.07) is 14.6. The lowest BCUT2D eigenvalue weighted by Crippen LogP contribution is -2.13. The van der Waals surface area contributed by atoms with Gasteiger partial charge in [0, 0.05) is 23.7 Å². The molecule has 1 aliphatic heterocycles. The molecule has 106 valence electrons. The van der Waals surface area contributed by atoms with Gasteiger partial charge < -0.3 is 9.88 Å². The van der Waals surface area contributed by atoms with Crippen molar-refractivity contribution in [1.29, 1.82) is 0 Å². The Balaban J connectivity index is 1.81. The molecule has 1 aromatic heterocycles. The number of rotatable bonds is 2. The molecule has 1 N–H and O–H groups in total. The summed E-state index contributed by atoms with van der Waals surface area (Å²) in [5, 5.41) is 4.34. The molecule has 0 amide bonds. The summed E-state index contributed by atoms with van der Waals surface area (Å²) in [7, 11) is 0. The zero-order chi connectivity index (χ0) is 14.4. The van der Waals surface area contributed by atoms with Crippen molar-refractivity contribution < 1.29 is 0 Å². The van der Waals surface area contributed by atoms with Gasteiger partial charge in [-0.2, -0.15) is 0 Å². The van der Waals surface area contributed by atoms with E-state index in [4.69, 9.17) is 16.6 Å². The third-order valence-electron chi connectivity index (χ3n) is 4.14. The highest BCUT2D eigenvalue weighted by atomic mass is 35.5. The standard InChI is InChI=1S/C17H16ClN3/c1-2-21-16-10-12(18)7-8-14(16)20-17(21)15-9-11-5-3-4-6-13(11)19-15/h3-8,10,15,19H,2,9H2,1H3. The minimum absolute atomic E-state index is 0.230. The van der Waals surface area contributed by atoms with Crippen molar-refractivity contribution >= 4 is 28.3 Å². The quantitative estimate of drug-likeness (QED) is 0.759. The molecule has 1 aliphatic rings. The Kier molecular flexibility index (Phi) is 2.89. The van der Waals surface area contributed by atoms with Gasteiger partial charge in [0.05, 0.1) is 17.1 Å². The molecule has 2 aromatic carbocycles. The van der Waals surface area contributed by atoms with Crippen LogP contribution >= 0.6 is 11.6 Å². The molecule has 0 radical (unpaired) electrons. The van der Waals surface area contributed by atoms with Crippen molar-refractivity contribution in [2.75, 3.05) is 5.32 Å². The number of aromatic nitrogens is 2. The molecule has 3 nitrogen and oxygen atoms in total. The lowest BCUT2D eigenvalue weighted by atomic mass is 10.1. The third-order valence-corrected chi connectivity index (χ3v) is 4.37. The fraction of sp³-hybridized carbons (Fsp3) is 0.235. The van der Waals surface area contributed by atoms with Crippen molar-refractivity contribution in [2.45, 2.75) is 25.9 Å². The SMILES string of the molecule is CCn1c(C2Cc3ccccc3N2)nc2ccc(Cl)cc21. The van der Waals surface area contributed by atoms with Gasteiger partial charge >= 0.3 is 0 Å². The van der Waals surface area contributed by atoms with E-state index >= 15 is 0 Å². The van der Waals surface area contributed by atoms with Crippen LogP contribution < -0.4 is 5.32 Å². The van der Waals surface area contributed by atoms with Crippen LogP contribution in [-0.4, -0.2) is 9.55 Å². The number of halogens is 1. The molecule has 2 heterocycles. The van der Waals surface area contributed by atoms with Crippen molar-refractivity contribution in [2.24, 2.45) is 0 Å². The number of hydrogen-bond acceptors (Lipinski definition) is 2. The fourth-order valence-electron chi connectivity index (χ4n) is 3.17. The monoisotopic (exact) mass is 297 g/mol. The van der Waals surface area contributed by atoms with Gasteiger partial charge in [-0.15, -0.1) is 0 Å². The van der Waals surface area contributed by atoms with Crippen LogP contribution in [0.1, 0.15) is 24.4 Å². The predicted molar refractivity (Wildman–Crippen MR) is 86.9 cm³/mol. The molecule has 0 saturated carbocycles. The summed E-state index contributed by atoms with van der Waals surface area (Å²) in [6.07, 6.45) is 0.979. The van der Waals surface area contributed by atoms with Gasteiger partial charge in [-0.3, -0.25) is 0 Å².